The molecule has 0 aliphatic heterocycles. The molecular formula is C26H19N3O2S. The first kappa shape index (κ1) is 19.9. The van der Waals surface area contributed by atoms with Crippen LogP contribution >= 0.6 is 12.2 Å². The lowest BCUT2D eigenvalue weighted by molar-refractivity contribution is 0.0977. The van der Waals surface area contributed by atoms with Gasteiger partial charge < -0.3 is 9.73 Å². The summed E-state index contributed by atoms with van der Waals surface area (Å²) in [5.41, 5.74) is 4.67. The van der Waals surface area contributed by atoms with Gasteiger partial charge in [-0.3, -0.25) is 10.1 Å². The van der Waals surface area contributed by atoms with Gasteiger partial charge in [0.15, 0.2) is 10.7 Å². The first-order valence-electron chi connectivity index (χ1n) is 10.1. The van der Waals surface area contributed by atoms with Crippen molar-refractivity contribution < 1.29 is 9.21 Å². The number of fused-ring (bicyclic) bond motifs is 3. The van der Waals surface area contributed by atoms with Crippen LogP contribution in [0.1, 0.15) is 15.9 Å². The number of thiocarbonyl (C=S) groups is 1. The van der Waals surface area contributed by atoms with Gasteiger partial charge in [0.25, 0.3) is 5.91 Å². The summed E-state index contributed by atoms with van der Waals surface area (Å²) in [5.74, 6) is 0.267. The van der Waals surface area contributed by atoms with E-state index in [1.807, 2.05) is 79.7 Å². The zero-order valence-electron chi connectivity index (χ0n) is 17.3. The molecule has 0 aliphatic rings. The molecule has 6 heteroatoms. The number of hydrogen-bond acceptors (Lipinski definition) is 4. The van der Waals surface area contributed by atoms with Crippen molar-refractivity contribution in [3.8, 4) is 11.5 Å². The van der Waals surface area contributed by atoms with Crippen LogP contribution < -0.4 is 10.6 Å². The molecule has 2 N–H and O–H groups in total. The summed E-state index contributed by atoms with van der Waals surface area (Å²) in [6, 6.07) is 27.0. The summed E-state index contributed by atoms with van der Waals surface area (Å²) in [4.78, 5) is 17.2. The van der Waals surface area contributed by atoms with E-state index in [0.717, 1.165) is 38.7 Å². The van der Waals surface area contributed by atoms with Crippen molar-refractivity contribution in [2.75, 3.05) is 5.32 Å². The third kappa shape index (κ3) is 3.96. The maximum atomic E-state index is 12.4. The van der Waals surface area contributed by atoms with Crippen LogP contribution in [-0.4, -0.2) is 16.0 Å². The van der Waals surface area contributed by atoms with E-state index in [4.69, 9.17) is 21.6 Å². The molecule has 0 aliphatic carbocycles. The Hall–Kier alpha value is -4.03. The summed E-state index contributed by atoms with van der Waals surface area (Å²) in [7, 11) is 0. The Balaban J connectivity index is 1.37. The highest BCUT2D eigenvalue weighted by Gasteiger charge is 2.12. The molecule has 32 heavy (non-hydrogen) atoms. The standard InChI is InChI=1S/C26H19N3O2S/c1-16-6-4-8-18(14-16)24(30)29-26(32)27-20-10-5-9-19(15-20)25-28-23-21-11-3-2-7-17(21)12-13-22(23)31-25/h2-15H,1H3,(H2,27,29,30,32). The van der Waals surface area contributed by atoms with Gasteiger partial charge in [0.2, 0.25) is 5.89 Å². The average Bonchev–Trinajstić information content (AvgIpc) is 3.24. The SMILES string of the molecule is Cc1cccc(C(=O)NC(=S)Nc2cccc(-c3nc4c(ccc5ccccc54)o3)c2)c1. The Morgan fingerprint density at radius 1 is 0.938 bits per heavy atom. The lowest BCUT2D eigenvalue weighted by atomic mass is 10.1. The van der Waals surface area contributed by atoms with Crippen molar-refractivity contribution >= 4 is 50.8 Å². The van der Waals surface area contributed by atoms with Crippen LogP contribution in [0.15, 0.2) is 89.3 Å². The molecule has 0 bridgehead atoms. The number of benzene rings is 4. The number of rotatable bonds is 3. The summed E-state index contributed by atoms with van der Waals surface area (Å²) in [6.07, 6.45) is 0. The van der Waals surface area contributed by atoms with Gasteiger partial charge in [0, 0.05) is 22.2 Å². The maximum Gasteiger partial charge on any atom is 0.257 e. The molecule has 0 radical (unpaired) electrons. The average molecular weight is 438 g/mol. The Kier molecular flexibility index (Phi) is 5.13. The van der Waals surface area contributed by atoms with Crippen molar-refractivity contribution in [3.05, 3.63) is 96.1 Å². The summed E-state index contributed by atoms with van der Waals surface area (Å²) < 4.78 is 6.01. The fraction of sp³-hybridized carbons (Fsp3) is 0.0385. The molecule has 0 fully saturated rings. The number of hydrogen-bond donors (Lipinski definition) is 2. The number of nitrogens with one attached hydrogen (secondary N) is 2. The smallest absolute Gasteiger partial charge is 0.257 e. The third-order valence-electron chi connectivity index (χ3n) is 5.16. The van der Waals surface area contributed by atoms with Crippen molar-refractivity contribution in [1.82, 2.24) is 10.3 Å². The van der Waals surface area contributed by atoms with E-state index in [0.29, 0.717) is 11.5 Å². The summed E-state index contributed by atoms with van der Waals surface area (Å²) in [5, 5.41) is 8.16. The van der Waals surface area contributed by atoms with Crippen LogP contribution in [0.5, 0.6) is 0 Å². The van der Waals surface area contributed by atoms with Gasteiger partial charge in [0.1, 0.15) is 5.52 Å². The fourth-order valence-corrected chi connectivity index (χ4v) is 3.85. The van der Waals surface area contributed by atoms with Gasteiger partial charge in [-0.1, -0.05) is 54.1 Å². The molecule has 0 saturated carbocycles. The van der Waals surface area contributed by atoms with Gasteiger partial charge in [-0.15, -0.1) is 0 Å². The zero-order chi connectivity index (χ0) is 22.1. The van der Waals surface area contributed by atoms with Crippen molar-refractivity contribution in [2.45, 2.75) is 6.92 Å². The minimum absolute atomic E-state index is 0.220. The Morgan fingerprint density at radius 3 is 2.66 bits per heavy atom. The second kappa shape index (κ2) is 8.24. The number of carbonyl (C=O) groups is 1. The number of oxazole rings is 1. The summed E-state index contributed by atoms with van der Waals surface area (Å²) >= 11 is 5.33. The van der Waals surface area contributed by atoms with Gasteiger partial charge in [-0.25, -0.2) is 4.98 Å². The normalized spacial score (nSPS) is 10.9. The van der Waals surface area contributed by atoms with Crippen LogP contribution in [0, 0.1) is 6.92 Å². The summed E-state index contributed by atoms with van der Waals surface area (Å²) in [6.45, 7) is 1.94. The second-order valence-corrected chi connectivity index (χ2v) is 7.92. The van der Waals surface area contributed by atoms with Crippen LogP contribution in [0.2, 0.25) is 0 Å². The second-order valence-electron chi connectivity index (χ2n) is 7.51. The molecule has 0 atom stereocenters. The molecule has 5 nitrogen and oxygen atoms in total. The van der Waals surface area contributed by atoms with Gasteiger partial charge in [0.05, 0.1) is 0 Å². The number of aromatic nitrogens is 1. The van der Waals surface area contributed by atoms with E-state index in [1.165, 1.54) is 0 Å². The molecular weight excluding hydrogens is 418 g/mol. The molecule has 1 aromatic heterocycles. The lowest BCUT2D eigenvalue weighted by Crippen LogP contribution is -2.34. The number of aryl methyl sites for hydroxylation is 1. The van der Waals surface area contributed by atoms with Crippen LogP contribution in [0.3, 0.4) is 0 Å². The quantitative estimate of drug-likeness (QED) is 0.335. The number of anilines is 1. The van der Waals surface area contributed by atoms with Crippen molar-refractivity contribution in [1.29, 1.82) is 0 Å². The fourth-order valence-electron chi connectivity index (χ4n) is 3.64. The molecule has 1 amide bonds. The van der Waals surface area contributed by atoms with E-state index in [9.17, 15) is 4.79 Å². The minimum atomic E-state index is -0.256. The van der Waals surface area contributed by atoms with Gasteiger partial charge >= 0.3 is 0 Å². The van der Waals surface area contributed by atoms with Crippen molar-refractivity contribution in [3.63, 3.8) is 0 Å². The van der Waals surface area contributed by atoms with E-state index in [-0.39, 0.29) is 11.0 Å². The Bertz CT molecular complexity index is 1490. The third-order valence-corrected chi connectivity index (χ3v) is 5.36. The predicted octanol–water partition coefficient (Wildman–Crippen LogP) is 6.08. The van der Waals surface area contributed by atoms with Crippen LogP contribution in [-0.2, 0) is 0 Å². The molecule has 0 saturated heterocycles. The highest BCUT2D eigenvalue weighted by atomic mass is 32.1. The van der Waals surface area contributed by atoms with Crippen molar-refractivity contribution in [2.24, 2.45) is 0 Å². The molecule has 4 aromatic carbocycles. The zero-order valence-corrected chi connectivity index (χ0v) is 18.1. The van der Waals surface area contributed by atoms with E-state index < -0.39 is 0 Å². The first-order chi connectivity index (χ1) is 15.6. The molecule has 5 aromatic rings. The number of nitrogens with zero attached hydrogens (tertiary/aromatic N) is 1. The van der Waals surface area contributed by atoms with Gasteiger partial charge in [-0.05, 0) is 60.9 Å². The highest BCUT2D eigenvalue weighted by molar-refractivity contribution is 7.80. The van der Waals surface area contributed by atoms with Crippen LogP contribution in [0.4, 0.5) is 5.69 Å². The van der Waals surface area contributed by atoms with E-state index >= 15 is 0 Å². The predicted molar refractivity (Wildman–Crippen MR) is 132 cm³/mol. The van der Waals surface area contributed by atoms with E-state index in [1.54, 1.807) is 6.07 Å². The molecule has 0 unspecified atom stereocenters. The van der Waals surface area contributed by atoms with Crippen LogP contribution in [0.25, 0.3) is 33.3 Å². The Labute approximate surface area is 190 Å². The monoisotopic (exact) mass is 437 g/mol. The molecule has 156 valence electrons. The van der Waals surface area contributed by atoms with Gasteiger partial charge in [-0.2, -0.15) is 0 Å². The largest absolute Gasteiger partial charge is 0.436 e. The lowest BCUT2D eigenvalue weighted by Gasteiger charge is -2.10. The maximum absolute atomic E-state index is 12.4. The topological polar surface area (TPSA) is 67.2 Å². The molecule has 1 heterocycles. The molecule has 5 rings (SSSR count). The number of carbonyl (C=O) groups excluding carboxylic acids is 1. The highest BCUT2D eigenvalue weighted by Crippen LogP contribution is 2.30. The van der Waals surface area contributed by atoms with E-state index in [2.05, 4.69) is 16.7 Å². The molecule has 0 spiro atoms. The first-order valence-corrected chi connectivity index (χ1v) is 10.6. The minimum Gasteiger partial charge on any atom is -0.436 e. The Morgan fingerprint density at radius 2 is 1.78 bits per heavy atom. The number of amides is 1.